The number of anilines is 2. The van der Waals surface area contributed by atoms with E-state index in [1.807, 2.05) is 42.9 Å². The third-order valence-electron chi connectivity index (χ3n) is 3.39. The van der Waals surface area contributed by atoms with E-state index in [1.54, 1.807) is 17.0 Å². The van der Waals surface area contributed by atoms with Gasteiger partial charge in [0.1, 0.15) is 0 Å². The number of rotatable bonds is 5. The number of hydrogen-bond donors (Lipinski definition) is 2. The Bertz CT molecular complexity index is 956. The zero-order valence-electron chi connectivity index (χ0n) is 14.3. The third kappa shape index (κ3) is 4.64. The van der Waals surface area contributed by atoms with Crippen molar-refractivity contribution in [3.8, 4) is 11.3 Å². The smallest absolute Gasteiger partial charge is 0.250 e. The molecule has 2 aromatic heterocycles. The molecule has 2 amide bonds. The molecule has 0 unspecified atom stereocenters. The Hall–Kier alpha value is -3.26. The number of carbonyl (C=O) groups is 2. The van der Waals surface area contributed by atoms with Crippen molar-refractivity contribution in [3.63, 3.8) is 0 Å². The molecule has 26 heavy (non-hydrogen) atoms. The molecule has 0 aliphatic heterocycles. The van der Waals surface area contributed by atoms with E-state index in [2.05, 4.69) is 20.7 Å². The summed E-state index contributed by atoms with van der Waals surface area (Å²) in [5, 5.41) is 11.9. The number of thiazole rings is 1. The third-order valence-corrected chi connectivity index (χ3v) is 4.15. The van der Waals surface area contributed by atoms with E-state index in [1.165, 1.54) is 24.3 Å². The van der Waals surface area contributed by atoms with Gasteiger partial charge in [0, 0.05) is 48.4 Å². The average Bonchev–Trinajstić information content (AvgIpc) is 3.22. The summed E-state index contributed by atoms with van der Waals surface area (Å²) in [7, 11) is 1.82. The molecule has 3 rings (SSSR count). The molecule has 0 saturated carbocycles. The predicted octanol–water partition coefficient (Wildman–Crippen LogP) is 3.15. The van der Waals surface area contributed by atoms with E-state index < -0.39 is 0 Å². The molecular weight excluding hydrogens is 350 g/mol. The highest BCUT2D eigenvalue weighted by molar-refractivity contribution is 7.14. The van der Waals surface area contributed by atoms with Gasteiger partial charge in [-0.3, -0.25) is 19.6 Å². The fourth-order valence-corrected chi connectivity index (χ4v) is 2.96. The lowest BCUT2D eigenvalue weighted by Gasteiger charge is -2.02. The summed E-state index contributed by atoms with van der Waals surface area (Å²) >= 11 is 1.35. The number of aryl methyl sites for hydroxylation is 1. The van der Waals surface area contributed by atoms with Crippen molar-refractivity contribution >= 4 is 40.0 Å². The van der Waals surface area contributed by atoms with Gasteiger partial charge in [-0.25, -0.2) is 4.98 Å². The molecular formula is C18H17N5O2S. The van der Waals surface area contributed by atoms with Gasteiger partial charge in [0.2, 0.25) is 11.8 Å². The Morgan fingerprint density at radius 2 is 1.96 bits per heavy atom. The minimum Gasteiger partial charge on any atom is -0.326 e. The van der Waals surface area contributed by atoms with Crippen molar-refractivity contribution in [3.05, 3.63) is 53.7 Å². The zero-order valence-corrected chi connectivity index (χ0v) is 15.1. The highest BCUT2D eigenvalue weighted by Crippen LogP contribution is 2.26. The summed E-state index contributed by atoms with van der Waals surface area (Å²) < 4.78 is 1.67. The second kappa shape index (κ2) is 7.75. The van der Waals surface area contributed by atoms with E-state index in [0.29, 0.717) is 5.13 Å². The van der Waals surface area contributed by atoms with Crippen LogP contribution in [0.1, 0.15) is 12.5 Å². The Morgan fingerprint density at radius 1 is 1.19 bits per heavy atom. The summed E-state index contributed by atoms with van der Waals surface area (Å²) in [5.74, 6) is -0.369. The topological polar surface area (TPSA) is 88.9 Å². The van der Waals surface area contributed by atoms with Gasteiger partial charge in [-0.1, -0.05) is 12.1 Å². The van der Waals surface area contributed by atoms with Crippen LogP contribution in [0.3, 0.4) is 0 Å². The van der Waals surface area contributed by atoms with Crippen molar-refractivity contribution in [2.45, 2.75) is 6.92 Å². The monoisotopic (exact) mass is 367 g/mol. The van der Waals surface area contributed by atoms with Gasteiger partial charge in [-0.05, 0) is 18.2 Å². The normalized spacial score (nSPS) is 10.8. The van der Waals surface area contributed by atoms with Crippen LogP contribution in [0.25, 0.3) is 17.3 Å². The Morgan fingerprint density at radius 3 is 2.62 bits per heavy atom. The number of amides is 2. The lowest BCUT2D eigenvalue weighted by atomic mass is 10.1. The first-order valence-electron chi connectivity index (χ1n) is 7.81. The van der Waals surface area contributed by atoms with E-state index in [-0.39, 0.29) is 11.8 Å². The molecule has 2 heterocycles. The molecule has 0 radical (unpaired) electrons. The SMILES string of the molecule is CC(=O)Nc1ccc(-c2csc(NC(=O)/C=C/c3cnn(C)c3)n2)cc1. The van der Waals surface area contributed by atoms with Crippen molar-refractivity contribution in [1.29, 1.82) is 0 Å². The van der Waals surface area contributed by atoms with Crippen molar-refractivity contribution < 1.29 is 9.59 Å². The standard InChI is InChI=1S/C18H17N5O2S/c1-12(24)20-15-6-4-14(5-7-15)16-11-26-18(21-16)22-17(25)8-3-13-9-19-23(2)10-13/h3-11H,1-2H3,(H,20,24)(H,21,22,25)/b8-3+. The number of nitrogens with zero attached hydrogens (tertiary/aromatic N) is 3. The van der Waals surface area contributed by atoms with Crippen LogP contribution in [0.2, 0.25) is 0 Å². The van der Waals surface area contributed by atoms with E-state index in [9.17, 15) is 9.59 Å². The van der Waals surface area contributed by atoms with E-state index in [4.69, 9.17) is 0 Å². The molecule has 0 aliphatic rings. The van der Waals surface area contributed by atoms with Crippen LogP contribution >= 0.6 is 11.3 Å². The number of aromatic nitrogens is 3. The predicted molar refractivity (Wildman–Crippen MR) is 103 cm³/mol. The molecule has 0 saturated heterocycles. The van der Waals surface area contributed by atoms with Crippen LogP contribution in [0, 0.1) is 0 Å². The van der Waals surface area contributed by atoms with Crippen molar-refractivity contribution in [2.24, 2.45) is 7.05 Å². The highest BCUT2D eigenvalue weighted by atomic mass is 32.1. The summed E-state index contributed by atoms with van der Waals surface area (Å²) in [6, 6.07) is 7.36. The first-order chi connectivity index (χ1) is 12.5. The fourth-order valence-electron chi connectivity index (χ4n) is 2.24. The molecule has 8 heteroatoms. The highest BCUT2D eigenvalue weighted by Gasteiger charge is 2.07. The minimum atomic E-state index is -0.254. The van der Waals surface area contributed by atoms with Gasteiger partial charge in [0.15, 0.2) is 5.13 Å². The number of benzene rings is 1. The van der Waals surface area contributed by atoms with Crippen LogP contribution in [-0.2, 0) is 16.6 Å². The molecule has 0 atom stereocenters. The maximum Gasteiger partial charge on any atom is 0.250 e. The summed E-state index contributed by atoms with van der Waals surface area (Å²) in [6.07, 6.45) is 6.63. The first-order valence-corrected chi connectivity index (χ1v) is 8.69. The van der Waals surface area contributed by atoms with E-state index >= 15 is 0 Å². The number of hydrogen-bond acceptors (Lipinski definition) is 5. The lowest BCUT2D eigenvalue weighted by molar-refractivity contribution is -0.114. The van der Waals surface area contributed by atoms with Crippen molar-refractivity contribution in [1.82, 2.24) is 14.8 Å². The number of nitrogens with one attached hydrogen (secondary N) is 2. The van der Waals surface area contributed by atoms with Gasteiger partial charge in [-0.15, -0.1) is 11.3 Å². The van der Waals surface area contributed by atoms with Gasteiger partial charge in [-0.2, -0.15) is 5.10 Å². The van der Waals surface area contributed by atoms with Gasteiger partial charge in [0.25, 0.3) is 0 Å². The van der Waals surface area contributed by atoms with Crippen LogP contribution in [-0.4, -0.2) is 26.6 Å². The quantitative estimate of drug-likeness (QED) is 0.678. The van der Waals surface area contributed by atoms with Gasteiger partial charge >= 0.3 is 0 Å². The van der Waals surface area contributed by atoms with Crippen LogP contribution in [0.4, 0.5) is 10.8 Å². The molecule has 132 valence electrons. The Kier molecular flexibility index (Phi) is 5.23. The zero-order chi connectivity index (χ0) is 18.5. The fraction of sp³-hybridized carbons (Fsp3) is 0.111. The molecule has 0 aliphatic carbocycles. The first kappa shape index (κ1) is 17.6. The van der Waals surface area contributed by atoms with Crippen LogP contribution < -0.4 is 10.6 Å². The van der Waals surface area contributed by atoms with E-state index in [0.717, 1.165) is 22.5 Å². The molecule has 0 spiro atoms. The summed E-state index contributed by atoms with van der Waals surface area (Å²) in [5.41, 5.74) is 3.24. The maximum atomic E-state index is 12.0. The second-order valence-electron chi connectivity index (χ2n) is 5.57. The second-order valence-corrected chi connectivity index (χ2v) is 6.42. The molecule has 0 bridgehead atoms. The maximum absolute atomic E-state index is 12.0. The van der Waals surface area contributed by atoms with Gasteiger partial charge in [0.05, 0.1) is 11.9 Å². The summed E-state index contributed by atoms with van der Waals surface area (Å²) in [4.78, 5) is 27.5. The van der Waals surface area contributed by atoms with Gasteiger partial charge < -0.3 is 5.32 Å². The number of carbonyl (C=O) groups excluding carboxylic acids is 2. The van der Waals surface area contributed by atoms with Crippen LogP contribution in [0.15, 0.2) is 48.1 Å². The average molecular weight is 367 g/mol. The Labute approximate surface area is 154 Å². The molecule has 0 fully saturated rings. The minimum absolute atomic E-state index is 0.115. The molecule has 1 aromatic carbocycles. The van der Waals surface area contributed by atoms with Crippen molar-refractivity contribution in [2.75, 3.05) is 10.6 Å². The lowest BCUT2D eigenvalue weighted by Crippen LogP contribution is -2.07. The molecule has 2 N–H and O–H groups in total. The molecule has 3 aromatic rings. The molecule has 7 nitrogen and oxygen atoms in total. The van der Waals surface area contributed by atoms with Crippen LogP contribution in [0.5, 0.6) is 0 Å². The Balaban J connectivity index is 1.63. The summed E-state index contributed by atoms with van der Waals surface area (Å²) in [6.45, 7) is 1.46. The largest absolute Gasteiger partial charge is 0.326 e.